The van der Waals surface area contributed by atoms with Crippen molar-refractivity contribution in [3.63, 3.8) is 0 Å². The summed E-state index contributed by atoms with van der Waals surface area (Å²) in [6.07, 6.45) is 0.207. The summed E-state index contributed by atoms with van der Waals surface area (Å²) in [4.78, 5) is 46.0. The summed E-state index contributed by atoms with van der Waals surface area (Å²) in [6.45, 7) is 12.5. The molecule has 1 aliphatic rings. The van der Waals surface area contributed by atoms with E-state index in [9.17, 15) is 24.1 Å². The van der Waals surface area contributed by atoms with Gasteiger partial charge in [0, 0.05) is 37.9 Å². The molecule has 0 spiro atoms. The molecule has 1 aliphatic heterocycles. The fourth-order valence-electron chi connectivity index (χ4n) is 5.14. The molecular formula is C31H46N3O9P. The minimum atomic E-state index is -3.65. The van der Waals surface area contributed by atoms with Crippen LogP contribution in [-0.4, -0.2) is 86.8 Å². The van der Waals surface area contributed by atoms with Crippen LogP contribution >= 0.6 is 7.37 Å². The van der Waals surface area contributed by atoms with Gasteiger partial charge in [0.2, 0.25) is 7.37 Å². The van der Waals surface area contributed by atoms with E-state index in [-0.39, 0.29) is 45.1 Å². The highest BCUT2D eigenvalue weighted by Crippen LogP contribution is 2.63. The van der Waals surface area contributed by atoms with Crippen molar-refractivity contribution < 1.29 is 42.5 Å². The molecule has 44 heavy (non-hydrogen) atoms. The number of aromatic nitrogens is 1. The first-order chi connectivity index (χ1) is 20.5. The van der Waals surface area contributed by atoms with Crippen molar-refractivity contribution in [2.24, 2.45) is 0 Å². The standard InChI is InChI=1S/C31H46N3O9P/c1-8-41-44(39)19-18-33(20-24-25(40-22-32-24)23-14-10-9-11-15-23)21-31(44,26(35)36)16-12-13-17-34(27(37)42-29(2,3)4)28(38)43-30(5,6)7/h9-11,14-15,22H,8,12-13,16-21H2,1-7H3,(H,35,36). The second kappa shape index (κ2) is 14.3. The summed E-state index contributed by atoms with van der Waals surface area (Å²) < 4.78 is 36.4. The predicted molar refractivity (Wildman–Crippen MR) is 165 cm³/mol. The van der Waals surface area contributed by atoms with Gasteiger partial charge in [-0.05, 0) is 67.7 Å². The minimum Gasteiger partial charge on any atom is -0.480 e. The zero-order valence-corrected chi connectivity index (χ0v) is 27.7. The van der Waals surface area contributed by atoms with Gasteiger partial charge in [-0.15, -0.1) is 0 Å². The first-order valence-corrected chi connectivity index (χ1v) is 16.7. The van der Waals surface area contributed by atoms with Crippen molar-refractivity contribution >= 4 is 25.5 Å². The highest BCUT2D eigenvalue weighted by atomic mass is 31.2. The molecule has 1 N–H and O–H groups in total. The van der Waals surface area contributed by atoms with Gasteiger partial charge in [-0.2, -0.15) is 0 Å². The lowest BCUT2D eigenvalue weighted by molar-refractivity contribution is -0.141. The van der Waals surface area contributed by atoms with Gasteiger partial charge in [0.15, 0.2) is 17.3 Å². The second-order valence-electron chi connectivity index (χ2n) is 12.9. The molecule has 0 radical (unpaired) electrons. The molecule has 12 nitrogen and oxygen atoms in total. The van der Waals surface area contributed by atoms with Crippen LogP contribution in [0.5, 0.6) is 0 Å². The highest BCUT2D eigenvalue weighted by Gasteiger charge is 2.58. The summed E-state index contributed by atoms with van der Waals surface area (Å²) in [5, 5.41) is 8.90. The molecule has 2 atom stereocenters. The number of carbonyl (C=O) groups excluding carboxylic acids is 2. The van der Waals surface area contributed by atoms with Gasteiger partial charge in [0.05, 0.1) is 6.61 Å². The van der Waals surface area contributed by atoms with Crippen LogP contribution in [0.15, 0.2) is 41.1 Å². The molecule has 1 aromatic heterocycles. The Morgan fingerprint density at radius 1 is 1.05 bits per heavy atom. The number of hydrogen-bond donors (Lipinski definition) is 1. The molecule has 1 aromatic carbocycles. The van der Waals surface area contributed by atoms with Gasteiger partial charge < -0.3 is 23.5 Å². The zero-order valence-electron chi connectivity index (χ0n) is 26.8. The summed E-state index contributed by atoms with van der Waals surface area (Å²) in [6, 6.07) is 9.49. The maximum Gasteiger partial charge on any atom is 0.419 e. The summed E-state index contributed by atoms with van der Waals surface area (Å²) in [7, 11) is -3.65. The van der Waals surface area contributed by atoms with Crippen LogP contribution in [0.25, 0.3) is 11.3 Å². The van der Waals surface area contributed by atoms with Crippen molar-refractivity contribution in [1.29, 1.82) is 0 Å². The van der Waals surface area contributed by atoms with Gasteiger partial charge in [-0.1, -0.05) is 30.3 Å². The SMILES string of the molecule is CCOP1(=O)CCN(Cc2ncoc2-c2ccccc2)CC1(CCCCN(C(=O)OC(C)(C)C)C(=O)OC(C)(C)C)C(=O)O. The smallest absolute Gasteiger partial charge is 0.419 e. The quantitative estimate of drug-likeness (QED) is 0.209. The van der Waals surface area contributed by atoms with Crippen molar-refractivity contribution in [2.45, 2.75) is 90.6 Å². The van der Waals surface area contributed by atoms with Gasteiger partial charge in [0.1, 0.15) is 16.9 Å². The number of ether oxygens (including phenoxy) is 2. The van der Waals surface area contributed by atoms with E-state index in [1.807, 2.05) is 35.2 Å². The molecule has 0 aliphatic carbocycles. The molecular weight excluding hydrogens is 589 g/mol. The molecule has 0 bridgehead atoms. The maximum atomic E-state index is 14.2. The lowest BCUT2D eigenvalue weighted by atomic mass is 9.99. The van der Waals surface area contributed by atoms with Crippen LogP contribution in [-0.2, 0) is 29.9 Å². The van der Waals surface area contributed by atoms with Gasteiger partial charge in [-0.25, -0.2) is 19.5 Å². The number of aliphatic carboxylic acids is 1. The molecule has 3 rings (SSSR count). The Bertz CT molecular complexity index is 1300. The van der Waals surface area contributed by atoms with Gasteiger partial charge >= 0.3 is 18.2 Å². The monoisotopic (exact) mass is 635 g/mol. The van der Waals surface area contributed by atoms with Crippen LogP contribution in [0.2, 0.25) is 0 Å². The second-order valence-corrected chi connectivity index (χ2v) is 15.8. The third kappa shape index (κ3) is 8.92. The minimum absolute atomic E-state index is 0.0109. The fourth-order valence-corrected chi connectivity index (χ4v) is 8.11. The Labute approximate surface area is 259 Å². The van der Waals surface area contributed by atoms with Crippen molar-refractivity contribution in [2.75, 3.05) is 32.4 Å². The largest absolute Gasteiger partial charge is 0.480 e. The van der Waals surface area contributed by atoms with Gasteiger partial charge in [0.25, 0.3) is 0 Å². The Morgan fingerprint density at radius 3 is 2.20 bits per heavy atom. The molecule has 2 heterocycles. The maximum absolute atomic E-state index is 14.2. The number of hydrogen-bond acceptors (Lipinski definition) is 10. The van der Waals surface area contributed by atoms with Crippen LogP contribution < -0.4 is 0 Å². The van der Waals surface area contributed by atoms with E-state index in [1.165, 1.54) is 6.39 Å². The summed E-state index contributed by atoms with van der Waals surface area (Å²) in [5.41, 5.74) is -0.190. The molecule has 244 valence electrons. The molecule has 2 aromatic rings. The number of carbonyl (C=O) groups is 3. The molecule has 2 amide bonds. The number of carboxylic acids is 1. The first kappa shape index (κ1) is 35.3. The normalized spacial score (nSPS) is 21.1. The fraction of sp³-hybridized carbons (Fsp3) is 0.613. The lowest BCUT2D eigenvalue weighted by Gasteiger charge is -2.44. The Morgan fingerprint density at radius 2 is 1.66 bits per heavy atom. The average Bonchev–Trinajstić information content (AvgIpc) is 3.37. The third-order valence-electron chi connectivity index (χ3n) is 7.08. The highest BCUT2D eigenvalue weighted by molar-refractivity contribution is 7.62. The number of carboxylic acid groups (broad SMARTS) is 1. The van der Waals surface area contributed by atoms with Crippen LogP contribution in [0, 0.1) is 0 Å². The Balaban J connectivity index is 1.79. The van der Waals surface area contributed by atoms with Crippen molar-refractivity contribution in [1.82, 2.24) is 14.8 Å². The van der Waals surface area contributed by atoms with E-state index in [4.69, 9.17) is 18.4 Å². The van der Waals surface area contributed by atoms with Crippen molar-refractivity contribution in [3.05, 3.63) is 42.4 Å². The van der Waals surface area contributed by atoms with E-state index in [2.05, 4.69) is 4.98 Å². The number of nitrogens with zero attached hydrogens (tertiary/aromatic N) is 3. The predicted octanol–water partition coefficient (Wildman–Crippen LogP) is 6.64. The lowest BCUT2D eigenvalue weighted by Crippen LogP contribution is -2.54. The number of imide groups is 1. The number of rotatable bonds is 11. The van der Waals surface area contributed by atoms with Crippen LogP contribution in [0.1, 0.15) is 73.4 Å². The van der Waals surface area contributed by atoms with E-state index >= 15 is 0 Å². The summed E-state index contributed by atoms with van der Waals surface area (Å²) >= 11 is 0. The van der Waals surface area contributed by atoms with Crippen LogP contribution in [0.3, 0.4) is 0 Å². The number of oxazole rings is 1. The topological polar surface area (TPSA) is 149 Å². The number of amides is 2. The van der Waals surface area contributed by atoms with E-state index in [1.54, 1.807) is 48.5 Å². The van der Waals surface area contributed by atoms with E-state index < -0.39 is 41.9 Å². The first-order valence-electron chi connectivity index (χ1n) is 14.9. The van der Waals surface area contributed by atoms with Gasteiger partial charge in [-0.3, -0.25) is 14.3 Å². The molecule has 1 fully saturated rings. The van der Waals surface area contributed by atoms with E-state index in [0.29, 0.717) is 24.5 Å². The number of benzene rings is 1. The molecule has 13 heteroatoms. The third-order valence-corrected chi connectivity index (χ3v) is 10.4. The van der Waals surface area contributed by atoms with Crippen molar-refractivity contribution in [3.8, 4) is 11.3 Å². The average molecular weight is 636 g/mol. The number of unbranched alkanes of at least 4 members (excludes halogenated alkanes) is 1. The van der Waals surface area contributed by atoms with Crippen LogP contribution in [0.4, 0.5) is 9.59 Å². The Kier molecular flexibility index (Phi) is 11.4. The molecule has 2 unspecified atom stereocenters. The zero-order chi connectivity index (χ0) is 32.8. The molecule has 1 saturated heterocycles. The van der Waals surface area contributed by atoms with E-state index in [0.717, 1.165) is 10.5 Å². The molecule has 0 saturated carbocycles. The summed E-state index contributed by atoms with van der Waals surface area (Å²) in [5.74, 6) is -0.618. The Hall–Kier alpha value is -3.21.